The maximum atomic E-state index is 8.77. The highest BCUT2D eigenvalue weighted by atomic mass is 16.3. The molecule has 0 aromatic heterocycles. The van der Waals surface area contributed by atoms with E-state index in [1.807, 2.05) is 0 Å². The van der Waals surface area contributed by atoms with Crippen molar-refractivity contribution in [3.63, 3.8) is 0 Å². The third kappa shape index (κ3) is 2.33. The molecule has 0 aliphatic rings. The second-order valence-electron chi connectivity index (χ2n) is 1.92. The summed E-state index contributed by atoms with van der Waals surface area (Å²) in [6.45, 7) is 1.59. The Hall–Kier alpha value is -0.0151. The summed E-state index contributed by atoms with van der Waals surface area (Å²) in [5.41, 5.74) is 0. The standard InChI is InChI=1S/C5H11BO2/c1-4(8)5(2-6)3-7/h4-5,7-8H,2-3H2,1H3/t4-,5-/m0/s1. The van der Waals surface area contributed by atoms with E-state index >= 15 is 0 Å². The van der Waals surface area contributed by atoms with Gasteiger partial charge in [-0.3, -0.25) is 0 Å². The van der Waals surface area contributed by atoms with Crippen LogP contribution in [-0.4, -0.2) is 30.8 Å². The second kappa shape index (κ2) is 3.92. The quantitative estimate of drug-likeness (QED) is 0.488. The summed E-state index contributed by atoms with van der Waals surface area (Å²) in [4.78, 5) is 0. The van der Waals surface area contributed by atoms with Crippen LogP contribution in [0.2, 0.25) is 6.32 Å². The van der Waals surface area contributed by atoms with Crippen LogP contribution in [0.4, 0.5) is 0 Å². The molecule has 0 rings (SSSR count). The second-order valence-corrected chi connectivity index (χ2v) is 1.92. The zero-order valence-electron chi connectivity index (χ0n) is 5.04. The maximum absolute atomic E-state index is 8.77. The predicted molar refractivity (Wildman–Crippen MR) is 32.8 cm³/mol. The highest BCUT2D eigenvalue weighted by molar-refractivity contribution is 6.08. The molecule has 0 aliphatic carbocycles. The Morgan fingerprint density at radius 1 is 1.62 bits per heavy atom. The van der Waals surface area contributed by atoms with E-state index in [9.17, 15) is 0 Å². The summed E-state index contributed by atoms with van der Waals surface area (Å²) >= 11 is 0. The average Bonchev–Trinajstić information content (AvgIpc) is 1.69. The predicted octanol–water partition coefficient (Wildman–Crippen LogP) is -0.438. The lowest BCUT2D eigenvalue weighted by atomic mass is 9.88. The molecule has 0 spiro atoms. The molecule has 0 aromatic rings. The molecule has 2 atom stereocenters. The SMILES string of the molecule is [B]C[C@@H](CO)[C@H](C)O. The van der Waals surface area contributed by atoms with Crippen molar-refractivity contribution >= 4 is 7.85 Å². The third-order valence-electron chi connectivity index (χ3n) is 1.22. The molecule has 2 nitrogen and oxygen atoms in total. The minimum atomic E-state index is -0.495. The van der Waals surface area contributed by atoms with Crippen molar-refractivity contribution in [2.24, 2.45) is 5.92 Å². The number of aliphatic hydroxyl groups is 2. The molecule has 46 valence electrons. The molecule has 8 heavy (non-hydrogen) atoms. The minimum Gasteiger partial charge on any atom is -0.396 e. The van der Waals surface area contributed by atoms with Crippen LogP contribution in [0.25, 0.3) is 0 Å². The van der Waals surface area contributed by atoms with Crippen LogP contribution >= 0.6 is 0 Å². The van der Waals surface area contributed by atoms with E-state index in [-0.39, 0.29) is 12.5 Å². The van der Waals surface area contributed by atoms with Gasteiger partial charge >= 0.3 is 0 Å². The Morgan fingerprint density at radius 2 is 2.12 bits per heavy atom. The Bertz CT molecular complexity index is 52.4. The molecule has 0 saturated heterocycles. The molecule has 3 heteroatoms. The summed E-state index contributed by atoms with van der Waals surface area (Å²) in [7, 11) is 5.16. The fourth-order valence-electron chi connectivity index (χ4n) is 0.424. The van der Waals surface area contributed by atoms with Gasteiger partial charge < -0.3 is 10.2 Å². The van der Waals surface area contributed by atoms with Crippen molar-refractivity contribution in [3.05, 3.63) is 0 Å². The molecular weight excluding hydrogens is 103 g/mol. The van der Waals surface area contributed by atoms with Gasteiger partial charge in [0.2, 0.25) is 0 Å². The molecule has 0 fully saturated rings. The summed E-state index contributed by atoms with van der Waals surface area (Å²) in [5, 5.41) is 17.2. The van der Waals surface area contributed by atoms with Gasteiger partial charge in [0.05, 0.1) is 14.0 Å². The summed E-state index contributed by atoms with van der Waals surface area (Å²) in [5.74, 6) is -0.157. The average molecular weight is 114 g/mol. The normalized spacial score (nSPS) is 17.9. The zero-order valence-corrected chi connectivity index (χ0v) is 5.04. The molecule has 0 heterocycles. The zero-order chi connectivity index (χ0) is 6.57. The number of hydrogen-bond acceptors (Lipinski definition) is 2. The first kappa shape index (κ1) is 7.98. The number of hydrogen-bond donors (Lipinski definition) is 2. The Kier molecular flexibility index (Phi) is 3.92. The first-order valence-electron chi connectivity index (χ1n) is 2.71. The van der Waals surface area contributed by atoms with E-state index in [2.05, 4.69) is 0 Å². The fourth-order valence-corrected chi connectivity index (χ4v) is 0.424. The van der Waals surface area contributed by atoms with Crippen LogP contribution in [0.3, 0.4) is 0 Å². The Balaban J connectivity index is 3.35. The first-order chi connectivity index (χ1) is 3.72. The largest absolute Gasteiger partial charge is 0.396 e. The number of aliphatic hydroxyl groups excluding tert-OH is 2. The van der Waals surface area contributed by atoms with Crippen LogP contribution in [0.5, 0.6) is 0 Å². The lowest BCUT2D eigenvalue weighted by molar-refractivity contribution is 0.0917. The van der Waals surface area contributed by atoms with Crippen molar-refractivity contribution in [2.45, 2.75) is 19.3 Å². The van der Waals surface area contributed by atoms with Gasteiger partial charge in [-0.25, -0.2) is 0 Å². The summed E-state index contributed by atoms with van der Waals surface area (Å²) in [6, 6.07) is 0. The molecule has 0 amide bonds. The fraction of sp³-hybridized carbons (Fsp3) is 1.00. The Morgan fingerprint density at radius 3 is 2.12 bits per heavy atom. The van der Waals surface area contributed by atoms with Gasteiger partial charge in [-0.05, 0) is 6.92 Å². The van der Waals surface area contributed by atoms with Crippen molar-refractivity contribution in [1.29, 1.82) is 0 Å². The minimum absolute atomic E-state index is 0.0336. The van der Waals surface area contributed by atoms with E-state index < -0.39 is 6.10 Å². The van der Waals surface area contributed by atoms with Crippen LogP contribution in [-0.2, 0) is 0 Å². The van der Waals surface area contributed by atoms with Gasteiger partial charge in [0.25, 0.3) is 0 Å². The molecular formula is C5H11BO2. The van der Waals surface area contributed by atoms with E-state index in [0.29, 0.717) is 6.32 Å². The number of rotatable bonds is 3. The van der Waals surface area contributed by atoms with Crippen molar-refractivity contribution in [3.8, 4) is 0 Å². The van der Waals surface area contributed by atoms with Gasteiger partial charge in [0.1, 0.15) is 0 Å². The molecule has 0 aromatic carbocycles. The summed E-state index contributed by atoms with van der Waals surface area (Å²) in [6.07, 6.45) is -0.154. The molecule has 2 N–H and O–H groups in total. The van der Waals surface area contributed by atoms with E-state index in [1.165, 1.54) is 0 Å². The van der Waals surface area contributed by atoms with E-state index in [1.54, 1.807) is 6.92 Å². The maximum Gasteiger partial charge on any atom is 0.0659 e. The Labute approximate surface area is 50.9 Å². The molecule has 0 saturated carbocycles. The van der Waals surface area contributed by atoms with Gasteiger partial charge in [0.15, 0.2) is 0 Å². The van der Waals surface area contributed by atoms with Gasteiger partial charge in [-0.2, -0.15) is 0 Å². The third-order valence-corrected chi connectivity index (χ3v) is 1.22. The van der Waals surface area contributed by atoms with E-state index in [4.69, 9.17) is 18.1 Å². The van der Waals surface area contributed by atoms with Gasteiger partial charge in [-0.15, -0.1) is 0 Å². The first-order valence-corrected chi connectivity index (χ1v) is 2.71. The molecule has 0 aliphatic heterocycles. The highest BCUT2D eigenvalue weighted by Crippen LogP contribution is 2.04. The smallest absolute Gasteiger partial charge is 0.0659 e. The van der Waals surface area contributed by atoms with E-state index in [0.717, 1.165) is 0 Å². The lowest BCUT2D eigenvalue weighted by Crippen LogP contribution is -2.19. The lowest BCUT2D eigenvalue weighted by Gasteiger charge is -2.13. The van der Waals surface area contributed by atoms with Crippen LogP contribution in [0.15, 0.2) is 0 Å². The van der Waals surface area contributed by atoms with Crippen molar-refractivity contribution in [2.75, 3.05) is 6.61 Å². The molecule has 0 bridgehead atoms. The molecule has 0 unspecified atom stereocenters. The van der Waals surface area contributed by atoms with Gasteiger partial charge in [0, 0.05) is 12.5 Å². The molecule has 2 radical (unpaired) electrons. The monoisotopic (exact) mass is 114 g/mol. The van der Waals surface area contributed by atoms with Crippen LogP contribution in [0.1, 0.15) is 6.92 Å². The highest BCUT2D eigenvalue weighted by Gasteiger charge is 2.09. The van der Waals surface area contributed by atoms with Gasteiger partial charge in [-0.1, -0.05) is 6.32 Å². The topological polar surface area (TPSA) is 40.5 Å². The van der Waals surface area contributed by atoms with Crippen molar-refractivity contribution < 1.29 is 10.2 Å². The van der Waals surface area contributed by atoms with Crippen LogP contribution in [0, 0.1) is 5.92 Å². The summed E-state index contributed by atoms with van der Waals surface area (Å²) < 4.78 is 0. The van der Waals surface area contributed by atoms with Crippen molar-refractivity contribution in [1.82, 2.24) is 0 Å². The van der Waals surface area contributed by atoms with Crippen LogP contribution < -0.4 is 0 Å².